The van der Waals surface area contributed by atoms with Crippen LogP contribution in [0.15, 0.2) is 12.3 Å². The zero-order chi connectivity index (χ0) is 18.7. The molecule has 0 radical (unpaired) electrons. The van der Waals surface area contributed by atoms with Gasteiger partial charge in [-0.2, -0.15) is 0 Å². The van der Waals surface area contributed by atoms with Crippen molar-refractivity contribution in [2.45, 2.75) is 42.4 Å². The van der Waals surface area contributed by atoms with E-state index >= 15 is 0 Å². The van der Waals surface area contributed by atoms with Crippen molar-refractivity contribution in [3.63, 3.8) is 0 Å². The Labute approximate surface area is 154 Å². The number of amides is 1. The molecule has 2 atom stereocenters. The summed E-state index contributed by atoms with van der Waals surface area (Å²) in [6.45, 7) is 4.83. The number of rotatable bonds is 5. The van der Waals surface area contributed by atoms with Gasteiger partial charge in [-0.1, -0.05) is 34.8 Å². The Balaban J connectivity index is 2.64. The van der Waals surface area contributed by atoms with E-state index in [-0.39, 0.29) is 17.8 Å². The van der Waals surface area contributed by atoms with Crippen molar-refractivity contribution >= 4 is 46.7 Å². The molecule has 0 aromatic carbocycles. The topological polar surface area (TPSA) is 112 Å². The lowest BCUT2D eigenvalue weighted by atomic mass is 10.1. The van der Waals surface area contributed by atoms with Gasteiger partial charge >= 0.3 is 6.09 Å². The molecule has 0 aliphatic heterocycles. The molecule has 10 heteroatoms. The van der Waals surface area contributed by atoms with E-state index in [4.69, 9.17) is 39.5 Å². The Kier molecular flexibility index (Phi) is 6.95. The van der Waals surface area contributed by atoms with E-state index in [0.29, 0.717) is 0 Å². The lowest BCUT2D eigenvalue weighted by Gasteiger charge is -2.21. The van der Waals surface area contributed by atoms with Crippen LogP contribution in [0.2, 0.25) is 0 Å². The molecule has 24 heavy (non-hydrogen) atoms. The Morgan fingerprint density at radius 2 is 1.88 bits per heavy atom. The van der Waals surface area contributed by atoms with Crippen LogP contribution in [-0.2, 0) is 4.74 Å². The summed E-state index contributed by atoms with van der Waals surface area (Å²) in [6, 6.07) is 1.26. The number of Topliss-reactive ketones (excluding diaryl/α,β-unsaturated/α-hetero) is 1. The molecule has 0 saturated heterocycles. The molecule has 0 aliphatic rings. The molecule has 1 heterocycles. The molecular formula is C14H19Cl3N2O5. The van der Waals surface area contributed by atoms with Gasteiger partial charge in [-0.3, -0.25) is 4.79 Å². The standard InChI is InChI=1S/C14H19Cl3N2O5/c1-13(2,3)24-12(23)19-6-9(20)10(21)7-4-8(18-5-7)11(22)14(15,16)17/h4-5,9-10,18,20-21H,6H2,1-3H3,(H,19,23). The first-order valence-corrected chi connectivity index (χ1v) is 8.07. The quantitative estimate of drug-likeness (QED) is 0.447. The van der Waals surface area contributed by atoms with Crippen molar-refractivity contribution in [1.82, 2.24) is 10.3 Å². The van der Waals surface area contributed by atoms with E-state index in [1.165, 1.54) is 12.3 Å². The number of ether oxygens (including phenoxy) is 1. The van der Waals surface area contributed by atoms with E-state index in [1.807, 2.05) is 0 Å². The van der Waals surface area contributed by atoms with Crippen LogP contribution in [0.25, 0.3) is 0 Å². The molecule has 0 saturated carbocycles. The average Bonchev–Trinajstić information content (AvgIpc) is 2.89. The van der Waals surface area contributed by atoms with E-state index in [9.17, 15) is 19.8 Å². The van der Waals surface area contributed by atoms with E-state index < -0.39 is 33.5 Å². The Bertz CT molecular complexity index is 592. The lowest BCUT2D eigenvalue weighted by molar-refractivity contribution is 0.0130. The fraction of sp³-hybridized carbons (Fsp3) is 0.571. The maximum Gasteiger partial charge on any atom is 0.407 e. The van der Waals surface area contributed by atoms with E-state index in [2.05, 4.69) is 10.3 Å². The molecule has 0 bridgehead atoms. The lowest BCUT2D eigenvalue weighted by Crippen LogP contribution is -2.38. The molecule has 1 aromatic rings. The number of aliphatic hydroxyl groups excluding tert-OH is 2. The monoisotopic (exact) mass is 400 g/mol. The Morgan fingerprint density at radius 1 is 1.29 bits per heavy atom. The number of halogens is 3. The smallest absolute Gasteiger partial charge is 0.407 e. The number of aromatic amines is 1. The Hall–Kier alpha value is -0.990. The van der Waals surface area contributed by atoms with E-state index in [0.717, 1.165) is 0 Å². The summed E-state index contributed by atoms with van der Waals surface area (Å²) in [5.41, 5.74) is -0.511. The first-order chi connectivity index (χ1) is 10.8. The van der Waals surface area contributed by atoms with Crippen LogP contribution in [0.1, 0.15) is 42.9 Å². The highest BCUT2D eigenvalue weighted by atomic mass is 35.6. The van der Waals surface area contributed by atoms with Crippen LogP contribution in [0.3, 0.4) is 0 Å². The van der Waals surface area contributed by atoms with Crippen molar-refractivity contribution in [1.29, 1.82) is 0 Å². The highest BCUT2D eigenvalue weighted by Gasteiger charge is 2.33. The van der Waals surface area contributed by atoms with Gasteiger partial charge in [0.25, 0.3) is 3.79 Å². The molecule has 1 aromatic heterocycles. The number of nitrogens with one attached hydrogen (secondary N) is 2. The highest BCUT2D eigenvalue weighted by molar-refractivity contribution is 6.77. The zero-order valence-corrected chi connectivity index (χ0v) is 15.5. The van der Waals surface area contributed by atoms with Crippen LogP contribution in [-0.4, -0.2) is 49.1 Å². The van der Waals surface area contributed by atoms with Gasteiger partial charge in [-0.25, -0.2) is 4.79 Å². The molecule has 1 amide bonds. The molecule has 0 aliphatic carbocycles. The minimum atomic E-state index is -2.13. The fourth-order valence-corrected chi connectivity index (χ4v) is 2.01. The van der Waals surface area contributed by atoms with Gasteiger partial charge in [-0.15, -0.1) is 0 Å². The van der Waals surface area contributed by atoms with Crippen LogP contribution in [0.4, 0.5) is 4.79 Å². The normalized spacial score (nSPS) is 14.8. The number of H-pyrrole nitrogens is 1. The molecule has 7 nitrogen and oxygen atoms in total. The molecule has 2 unspecified atom stereocenters. The van der Waals surface area contributed by atoms with Crippen LogP contribution in [0, 0.1) is 0 Å². The summed E-state index contributed by atoms with van der Waals surface area (Å²) in [6.07, 6.45) is -2.13. The molecule has 4 N–H and O–H groups in total. The first kappa shape index (κ1) is 21.1. The zero-order valence-electron chi connectivity index (χ0n) is 13.3. The van der Waals surface area contributed by atoms with E-state index in [1.54, 1.807) is 20.8 Å². The van der Waals surface area contributed by atoms with Gasteiger partial charge in [0.2, 0.25) is 5.78 Å². The van der Waals surface area contributed by atoms with Crippen LogP contribution >= 0.6 is 34.8 Å². The second-order valence-electron chi connectivity index (χ2n) is 6.07. The van der Waals surface area contributed by atoms with Gasteiger partial charge in [0.15, 0.2) is 0 Å². The SMILES string of the molecule is CC(C)(C)OC(=O)NCC(O)C(O)c1c[nH]c(C(=O)C(Cl)(Cl)Cl)c1. The third-order valence-corrected chi connectivity index (χ3v) is 3.28. The maximum absolute atomic E-state index is 11.8. The predicted octanol–water partition coefficient (Wildman–Crippen LogP) is 2.49. The third-order valence-electron chi connectivity index (χ3n) is 2.77. The molecule has 0 spiro atoms. The molecule has 0 fully saturated rings. The Morgan fingerprint density at radius 3 is 2.38 bits per heavy atom. The number of carbonyl (C=O) groups is 2. The number of carbonyl (C=O) groups excluding carboxylic acids is 2. The highest BCUT2D eigenvalue weighted by Crippen LogP contribution is 2.31. The summed E-state index contributed by atoms with van der Waals surface area (Å²) in [4.78, 5) is 25.8. The third kappa shape index (κ3) is 6.49. The summed E-state index contributed by atoms with van der Waals surface area (Å²) in [5, 5.41) is 22.3. The summed E-state index contributed by atoms with van der Waals surface area (Å²) in [7, 11) is 0. The molecule has 1 rings (SSSR count). The number of aromatic nitrogens is 1. The van der Waals surface area contributed by atoms with Crippen LogP contribution in [0.5, 0.6) is 0 Å². The first-order valence-electron chi connectivity index (χ1n) is 6.94. The van der Waals surface area contributed by atoms with Crippen molar-refractivity contribution in [2.75, 3.05) is 6.54 Å². The predicted molar refractivity (Wildman–Crippen MR) is 90.6 cm³/mol. The largest absolute Gasteiger partial charge is 0.444 e. The number of alkyl halides is 3. The number of ketones is 1. The maximum atomic E-state index is 11.8. The van der Waals surface area contributed by atoms with Crippen molar-refractivity contribution in [3.05, 3.63) is 23.5 Å². The fourth-order valence-electron chi connectivity index (χ4n) is 1.70. The van der Waals surface area contributed by atoms with Gasteiger partial charge in [0, 0.05) is 18.3 Å². The average molecular weight is 402 g/mol. The van der Waals surface area contributed by atoms with Crippen molar-refractivity contribution in [2.24, 2.45) is 0 Å². The second kappa shape index (κ2) is 7.93. The second-order valence-corrected chi connectivity index (χ2v) is 8.35. The summed E-state index contributed by atoms with van der Waals surface area (Å²) in [5.74, 6) is -0.799. The van der Waals surface area contributed by atoms with Gasteiger partial charge in [0.05, 0.1) is 5.69 Å². The molecule has 136 valence electrons. The van der Waals surface area contributed by atoms with Gasteiger partial charge in [0.1, 0.15) is 17.8 Å². The van der Waals surface area contributed by atoms with Crippen LogP contribution < -0.4 is 5.32 Å². The summed E-state index contributed by atoms with van der Waals surface area (Å²) >= 11 is 16.5. The van der Waals surface area contributed by atoms with Gasteiger partial charge < -0.3 is 25.3 Å². The van der Waals surface area contributed by atoms with Gasteiger partial charge in [-0.05, 0) is 26.8 Å². The minimum absolute atomic E-state index is 0.0312. The molecular weight excluding hydrogens is 383 g/mol. The van der Waals surface area contributed by atoms with Crippen molar-refractivity contribution < 1.29 is 24.5 Å². The number of hydrogen-bond acceptors (Lipinski definition) is 5. The number of aliphatic hydroxyl groups is 2. The number of alkyl carbamates (subject to hydrolysis) is 1. The minimum Gasteiger partial charge on any atom is -0.444 e. The number of hydrogen-bond donors (Lipinski definition) is 4. The van der Waals surface area contributed by atoms with Crippen molar-refractivity contribution in [3.8, 4) is 0 Å². The summed E-state index contributed by atoms with van der Waals surface area (Å²) < 4.78 is 2.87.